The Labute approximate surface area is 84.5 Å². The van der Waals surface area contributed by atoms with Gasteiger partial charge in [-0.2, -0.15) is 0 Å². The molecule has 1 fully saturated rings. The third kappa shape index (κ3) is 1.65. The first-order valence-electron chi connectivity index (χ1n) is 5.05. The Morgan fingerprint density at radius 1 is 1.43 bits per heavy atom. The molecule has 0 spiro atoms. The smallest absolute Gasteiger partial charge is 0.254 e. The lowest BCUT2D eigenvalue weighted by Crippen LogP contribution is -2.28. The predicted molar refractivity (Wildman–Crippen MR) is 55.2 cm³/mol. The van der Waals surface area contributed by atoms with Crippen LogP contribution in [-0.2, 0) is 0 Å². The predicted octanol–water partition coefficient (Wildman–Crippen LogP) is 2.03. The monoisotopic (exact) mass is 188 g/mol. The highest BCUT2D eigenvalue weighted by atomic mass is 16.2. The van der Waals surface area contributed by atoms with Gasteiger partial charge in [0.1, 0.15) is 0 Å². The molecule has 1 aliphatic heterocycles. The Morgan fingerprint density at radius 3 is 2.79 bits per heavy atom. The van der Waals surface area contributed by atoms with Crippen molar-refractivity contribution >= 4 is 5.91 Å². The highest BCUT2D eigenvalue weighted by Gasteiger charge is 2.20. The molecule has 1 aromatic rings. The molecular formula is C12H14NO. The summed E-state index contributed by atoms with van der Waals surface area (Å²) in [6.45, 7) is 3.79. The molecule has 0 bridgehead atoms. The summed E-state index contributed by atoms with van der Waals surface area (Å²) in [6.07, 6.45) is 2.29. The fourth-order valence-electron chi connectivity index (χ4n) is 1.84. The largest absolute Gasteiger partial charge is 0.339 e. The molecule has 1 amide bonds. The molecule has 0 aliphatic carbocycles. The van der Waals surface area contributed by atoms with Crippen LogP contribution >= 0.6 is 0 Å². The summed E-state index contributed by atoms with van der Waals surface area (Å²) in [7, 11) is 0. The van der Waals surface area contributed by atoms with Gasteiger partial charge in [0, 0.05) is 18.7 Å². The minimum Gasteiger partial charge on any atom is -0.339 e. The number of rotatable bonds is 1. The molecule has 14 heavy (non-hydrogen) atoms. The highest BCUT2D eigenvalue weighted by molar-refractivity contribution is 5.95. The van der Waals surface area contributed by atoms with Gasteiger partial charge in [-0.3, -0.25) is 4.79 Å². The van der Waals surface area contributed by atoms with E-state index in [1.54, 1.807) is 6.07 Å². The van der Waals surface area contributed by atoms with E-state index in [0.29, 0.717) is 0 Å². The second-order valence-electron chi connectivity index (χ2n) is 3.74. The number of hydrogen-bond donors (Lipinski definition) is 0. The maximum Gasteiger partial charge on any atom is 0.254 e. The quantitative estimate of drug-likeness (QED) is 0.660. The Bertz CT molecular complexity index is 340. The van der Waals surface area contributed by atoms with Crippen molar-refractivity contribution in [1.82, 2.24) is 4.90 Å². The fraction of sp³-hybridized carbons (Fsp3) is 0.417. The first-order chi connectivity index (χ1) is 6.79. The van der Waals surface area contributed by atoms with Gasteiger partial charge >= 0.3 is 0 Å². The van der Waals surface area contributed by atoms with Gasteiger partial charge in [0.05, 0.1) is 0 Å². The molecule has 1 aliphatic rings. The number of likely N-dealkylation sites (tertiary alicyclic amines) is 1. The van der Waals surface area contributed by atoms with E-state index in [4.69, 9.17) is 0 Å². The summed E-state index contributed by atoms with van der Waals surface area (Å²) in [4.78, 5) is 13.9. The van der Waals surface area contributed by atoms with E-state index in [-0.39, 0.29) is 5.91 Å². The number of carbonyl (C=O) groups is 1. The van der Waals surface area contributed by atoms with Crippen LogP contribution in [0, 0.1) is 13.0 Å². The van der Waals surface area contributed by atoms with Gasteiger partial charge in [0.2, 0.25) is 0 Å². The lowest BCUT2D eigenvalue weighted by atomic mass is 10.1. The van der Waals surface area contributed by atoms with Gasteiger partial charge in [-0.05, 0) is 37.5 Å². The number of nitrogens with zero attached hydrogens (tertiary/aromatic N) is 1. The zero-order valence-corrected chi connectivity index (χ0v) is 8.42. The minimum atomic E-state index is 0.175. The van der Waals surface area contributed by atoms with Crippen LogP contribution in [0.5, 0.6) is 0 Å². The molecule has 2 nitrogen and oxygen atoms in total. The Morgan fingerprint density at radius 2 is 2.14 bits per heavy atom. The minimum absolute atomic E-state index is 0.175. The molecule has 0 unspecified atom stereocenters. The van der Waals surface area contributed by atoms with E-state index in [1.807, 2.05) is 24.0 Å². The normalized spacial score (nSPS) is 15.9. The van der Waals surface area contributed by atoms with Crippen molar-refractivity contribution in [3.05, 3.63) is 35.4 Å². The number of hydrogen-bond acceptors (Lipinski definition) is 1. The number of carbonyl (C=O) groups excluding carboxylic acids is 1. The third-order valence-electron chi connectivity index (χ3n) is 2.69. The summed E-state index contributed by atoms with van der Waals surface area (Å²) in [6, 6.07) is 8.50. The third-order valence-corrected chi connectivity index (χ3v) is 2.69. The van der Waals surface area contributed by atoms with E-state index < -0.39 is 0 Å². The van der Waals surface area contributed by atoms with E-state index in [9.17, 15) is 4.79 Å². The SMILES string of the molecule is Cc1c[c]ccc1C(=O)N1CCCC1. The van der Waals surface area contributed by atoms with E-state index in [1.165, 1.54) is 0 Å². The van der Waals surface area contributed by atoms with Crippen molar-refractivity contribution in [2.75, 3.05) is 13.1 Å². The standard InChI is InChI=1S/C12H14NO/c1-10-6-2-3-7-11(10)12(14)13-8-4-5-9-13/h3,6-7H,4-5,8-9H2,1H3. The zero-order valence-electron chi connectivity index (χ0n) is 8.42. The number of amides is 1. The van der Waals surface area contributed by atoms with Crippen molar-refractivity contribution in [3.63, 3.8) is 0 Å². The van der Waals surface area contributed by atoms with Gasteiger partial charge < -0.3 is 4.90 Å². The van der Waals surface area contributed by atoms with Gasteiger partial charge in [0.25, 0.3) is 5.91 Å². The van der Waals surface area contributed by atoms with Crippen LogP contribution in [0.2, 0.25) is 0 Å². The van der Waals surface area contributed by atoms with Crippen LogP contribution < -0.4 is 0 Å². The first kappa shape index (κ1) is 9.25. The van der Waals surface area contributed by atoms with E-state index in [0.717, 1.165) is 37.1 Å². The molecule has 0 saturated carbocycles. The first-order valence-corrected chi connectivity index (χ1v) is 5.05. The fourth-order valence-corrected chi connectivity index (χ4v) is 1.84. The van der Waals surface area contributed by atoms with E-state index >= 15 is 0 Å². The Kier molecular flexibility index (Phi) is 2.53. The molecule has 1 saturated heterocycles. The molecule has 2 heteroatoms. The van der Waals surface area contributed by atoms with Crippen molar-refractivity contribution in [3.8, 4) is 0 Å². The lowest BCUT2D eigenvalue weighted by molar-refractivity contribution is 0.0792. The molecule has 2 rings (SSSR count). The summed E-state index contributed by atoms with van der Waals surface area (Å²) >= 11 is 0. The maximum absolute atomic E-state index is 12.0. The summed E-state index contributed by atoms with van der Waals surface area (Å²) < 4.78 is 0. The van der Waals surface area contributed by atoms with Crippen molar-refractivity contribution < 1.29 is 4.79 Å². The second kappa shape index (κ2) is 3.82. The summed E-state index contributed by atoms with van der Waals surface area (Å²) in [5.41, 5.74) is 1.84. The van der Waals surface area contributed by atoms with Gasteiger partial charge in [0.15, 0.2) is 0 Å². The highest BCUT2D eigenvalue weighted by Crippen LogP contribution is 2.15. The van der Waals surface area contributed by atoms with Crippen LogP contribution in [-0.4, -0.2) is 23.9 Å². The molecule has 0 N–H and O–H groups in total. The van der Waals surface area contributed by atoms with E-state index in [2.05, 4.69) is 6.07 Å². The molecule has 73 valence electrons. The van der Waals surface area contributed by atoms with Crippen LogP contribution in [0.3, 0.4) is 0 Å². The molecular weight excluding hydrogens is 174 g/mol. The number of benzene rings is 1. The summed E-state index contributed by atoms with van der Waals surface area (Å²) in [5, 5.41) is 0. The summed E-state index contributed by atoms with van der Waals surface area (Å²) in [5.74, 6) is 0.175. The molecule has 0 atom stereocenters. The lowest BCUT2D eigenvalue weighted by Gasteiger charge is -2.16. The second-order valence-corrected chi connectivity index (χ2v) is 3.74. The average Bonchev–Trinajstić information content (AvgIpc) is 2.70. The van der Waals surface area contributed by atoms with Gasteiger partial charge in [-0.25, -0.2) is 0 Å². The van der Waals surface area contributed by atoms with Crippen molar-refractivity contribution in [2.24, 2.45) is 0 Å². The zero-order chi connectivity index (χ0) is 9.97. The van der Waals surface area contributed by atoms with Crippen LogP contribution in [0.1, 0.15) is 28.8 Å². The number of aryl methyl sites for hydroxylation is 1. The van der Waals surface area contributed by atoms with Crippen LogP contribution in [0.15, 0.2) is 18.2 Å². The van der Waals surface area contributed by atoms with Crippen LogP contribution in [0.4, 0.5) is 0 Å². The molecule has 1 heterocycles. The molecule has 0 aromatic heterocycles. The topological polar surface area (TPSA) is 20.3 Å². The Balaban J connectivity index is 2.22. The maximum atomic E-state index is 12.0. The van der Waals surface area contributed by atoms with Crippen molar-refractivity contribution in [2.45, 2.75) is 19.8 Å². The van der Waals surface area contributed by atoms with Crippen LogP contribution in [0.25, 0.3) is 0 Å². The van der Waals surface area contributed by atoms with Gasteiger partial charge in [-0.1, -0.05) is 12.1 Å². The Hall–Kier alpha value is -1.31. The average molecular weight is 188 g/mol. The van der Waals surface area contributed by atoms with Crippen molar-refractivity contribution in [1.29, 1.82) is 0 Å². The molecule has 1 aromatic carbocycles. The van der Waals surface area contributed by atoms with Gasteiger partial charge in [-0.15, -0.1) is 0 Å². The molecule has 1 radical (unpaired) electrons.